The average molecular weight is 407 g/mol. The molecule has 1 saturated heterocycles. The number of hydrogen-bond acceptors (Lipinski definition) is 4. The Morgan fingerprint density at radius 3 is 2.50 bits per heavy atom. The predicted molar refractivity (Wildman–Crippen MR) is 111 cm³/mol. The quantitative estimate of drug-likeness (QED) is 0.688. The number of carbonyl (C=O) groups excluding carboxylic acids is 1. The van der Waals surface area contributed by atoms with E-state index in [2.05, 4.69) is 43.3 Å². The van der Waals surface area contributed by atoms with Gasteiger partial charge in [-0.25, -0.2) is 0 Å². The van der Waals surface area contributed by atoms with Crippen molar-refractivity contribution in [1.29, 1.82) is 0 Å². The molecule has 0 unspecified atom stereocenters. The van der Waals surface area contributed by atoms with Crippen molar-refractivity contribution in [1.82, 2.24) is 0 Å². The van der Waals surface area contributed by atoms with Crippen LogP contribution in [0.1, 0.15) is 44.6 Å². The minimum absolute atomic E-state index is 0.0108. The van der Waals surface area contributed by atoms with Crippen molar-refractivity contribution < 1.29 is 19.0 Å². The van der Waals surface area contributed by atoms with Crippen LogP contribution in [0.5, 0.6) is 5.75 Å². The lowest BCUT2D eigenvalue weighted by molar-refractivity contribution is -0.252. The van der Waals surface area contributed by atoms with E-state index in [4.69, 9.17) is 14.2 Å². The van der Waals surface area contributed by atoms with Crippen LogP contribution in [0, 0.1) is 34.5 Å². The van der Waals surface area contributed by atoms with Gasteiger partial charge in [-0.1, -0.05) is 44.1 Å². The second-order valence-electron chi connectivity index (χ2n) is 10.7. The van der Waals surface area contributed by atoms with Crippen molar-refractivity contribution in [2.45, 2.75) is 50.2 Å². The summed E-state index contributed by atoms with van der Waals surface area (Å²) in [5.74, 6) is 1.24. The Morgan fingerprint density at radius 1 is 1.03 bits per heavy atom. The fourth-order valence-corrected chi connectivity index (χ4v) is 9.03. The SMILES string of the molecule is COc1ccc([C@@]23C=C[C@@]4(CCCC[C@@]42C)[C@@H]2[C@H]3C(=O)[C@H]3C[C@H]3C23OCCO3)cc1. The number of methoxy groups -OCH3 is 1. The summed E-state index contributed by atoms with van der Waals surface area (Å²) in [5, 5.41) is 0. The zero-order valence-corrected chi connectivity index (χ0v) is 17.9. The molecule has 7 rings (SSSR count). The van der Waals surface area contributed by atoms with Crippen LogP contribution in [0.4, 0.5) is 0 Å². The maximum Gasteiger partial charge on any atom is 0.176 e. The first-order valence-electron chi connectivity index (χ1n) is 11.7. The Labute approximate surface area is 178 Å². The molecule has 158 valence electrons. The molecule has 0 radical (unpaired) electrons. The molecule has 1 aliphatic heterocycles. The number of ether oxygens (including phenoxy) is 3. The first-order chi connectivity index (χ1) is 14.5. The molecule has 0 amide bonds. The molecule has 1 spiro atoms. The molecule has 4 nitrogen and oxygen atoms in total. The smallest absolute Gasteiger partial charge is 0.176 e. The van der Waals surface area contributed by atoms with E-state index < -0.39 is 5.79 Å². The molecule has 4 heteroatoms. The zero-order valence-electron chi connectivity index (χ0n) is 17.9. The molecule has 30 heavy (non-hydrogen) atoms. The highest BCUT2D eigenvalue weighted by Gasteiger charge is 2.86. The summed E-state index contributed by atoms with van der Waals surface area (Å²) in [4.78, 5) is 14.0. The zero-order chi connectivity index (χ0) is 20.4. The fraction of sp³-hybridized carbons (Fsp3) is 0.654. The standard InChI is InChI=1S/C26H30O4/c1-23-9-3-4-10-24(23)11-12-25(23,16-5-7-17(28-2)8-6-16)20-21(27)18-15-19(18)26(22(20)24)29-13-14-30-26/h5-8,11-12,18-20,22H,3-4,9-10,13-15H2,1-2H3/t18-,19+,20+,22-,23-,24-,25+/m0/s1. The van der Waals surface area contributed by atoms with Crippen LogP contribution >= 0.6 is 0 Å². The summed E-state index contributed by atoms with van der Waals surface area (Å²) >= 11 is 0. The second-order valence-corrected chi connectivity index (χ2v) is 10.7. The van der Waals surface area contributed by atoms with Crippen molar-refractivity contribution in [3.63, 3.8) is 0 Å². The number of hydrogen-bond donors (Lipinski definition) is 0. The van der Waals surface area contributed by atoms with Crippen LogP contribution in [0.15, 0.2) is 36.4 Å². The molecule has 5 aliphatic carbocycles. The van der Waals surface area contributed by atoms with Gasteiger partial charge in [0, 0.05) is 34.5 Å². The second kappa shape index (κ2) is 5.39. The van der Waals surface area contributed by atoms with Crippen molar-refractivity contribution in [2.75, 3.05) is 20.3 Å². The Hall–Kier alpha value is -1.65. The number of rotatable bonds is 2. The highest BCUT2D eigenvalue weighted by molar-refractivity contribution is 5.92. The van der Waals surface area contributed by atoms with Crippen molar-refractivity contribution in [3.8, 4) is 5.75 Å². The average Bonchev–Trinajstić information content (AvgIpc) is 3.30. The third kappa shape index (κ3) is 1.65. The number of Topliss-reactive ketones (excluding diaryl/α,β-unsaturated/α-hetero) is 1. The lowest BCUT2D eigenvalue weighted by atomic mass is 9.52. The minimum Gasteiger partial charge on any atom is -0.497 e. The predicted octanol–water partition coefficient (Wildman–Crippen LogP) is 4.28. The lowest BCUT2D eigenvalue weighted by Crippen LogP contribution is -2.58. The minimum atomic E-state index is -0.555. The van der Waals surface area contributed by atoms with Crippen molar-refractivity contribution in [2.24, 2.45) is 34.5 Å². The summed E-state index contributed by atoms with van der Waals surface area (Å²) in [5.41, 5.74) is 0.969. The van der Waals surface area contributed by atoms with Gasteiger partial charge in [0.15, 0.2) is 5.79 Å². The van der Waals surface area contributed by atoms with Crippen LogP contribution in [0.25, 0.3) is 0 Å². The van der Waals surface area contributed by atoms with Gasteiger partial charge in [-0.2, -0.15) is 0 Å². The first-order valence-corrected chi connectivity index (χ1v) is 11.7. The van der Waals surface area contributed by atoms with E-state index in [1.165, 1.54) is 18.4 Å². The number of carbonyl (C=O) groups is 1. The normalized spacial score (nSPS) is 49.1. The van der Waals surface area contributed by atoms with E-state index in [0.29, 0.717) is 19.0 Å². The molecule has 6 aliphatic rings. The third-order valence-corrected chi connectivity index (χ3v) is 10.2. The third-order valence-electron chi connectivity index (χ3n) is 10.2. The number of allylic oxidation sites excluding steroid dienone is 2. The molecule has 0 N–H and O–H groups in total. The number of fused-ring (bicyclic) bond motifs is 5. The van der Waals surface area contributed by atoms with Gasteiger partial charge < -0.3 is 14.2 Å². The van der Waals surface area contributed by atoms with E-state index in [9.17, 15) is 4.79 Å². The molecule has 1 heterocycles. The molecule has 2 bridgehead atoms. The highest BCUT2D eigenvalue weighted by atomic mass is 16.7. The molecule has 4 saturated carbocycles. The molecule has 0 aromatic heterocycles. The first kappa shape index (κ1) is 18.0. The van der Waals surface area contributed by atoms with Gasteiger partial charge in [0.2, 0.25) is 0 Å². The number of ketones is 1. The van der Waals surface area contributed by atoms with Gasteiger partial charge in [0.05, 0.1) is 20.3 Å². The van der Waals surface area contributed by atoms with Crippen LogP contribution < -0.4 is 4.74 Å². The van der Waals surface area contributed by atoms with E-state index in [0.717, 1.165) is 25.0 Å². The summed E-state index contributed by atoms with van der Waals surface area (Å²) in [6, 6.07) is 8.53. The van der Waals surface area contributed by atoms with E-state index in [-0.39, 0.29) is 39.9 Å². The van der Waals surface area contributed by atoms with Gasteiger partial charge in [0.25, 0.3) is 0 Å². The van der Waals surface area contributed by atoms with Gasteiger partial charge in [0.1, 0.15) is 11.5 Å². The largest absolute Gasteiger partial charge is 0.497 e. The van der Waals surface area contributed by atoms with Crippen molar-refractivity contribution >= 4 is 5.78 Å². The van der Waals surface area contributed by atoms with Crippen molar-refractivity contribution in [3.05, 3.63) is 42.0 Å². The molecule has 1 aromatic rings. The summed E-state index contributed by atoms with van der Waals surface area (Å²) in [6.45, 7) is 3.79. The summed E-state index contributed by atoms with van der Waals surface area (Å²) < 4.78 is 18.5. The Morgan fingerprint density at radius 2 is 1.77 bits per heavy atom. The lowest BCUT2D eigenvalue weighted by Gasteiger charge is -2.53. The summed E-state index contributed by atoms with van der Waals surface area (Å²) in [6.07, 6.45) is 10.6. The van der Waals surface area contributed by atoms with E-state index in [1.54, 1.807) is 7.11 Å². The van der Waals surface area contributed by atoms with E-state index >= 15 is 0 Å². The maximum atomic E-state index is 14.0. The molecular formula is C26H30O4. The van der Waals surface area contributed by atoms with Crippen LogP contribution in [-0.4, -0.2) is 31.9 Å². The van der Waals surface area contributed by atoms with Crippen LogP contribution in [-0.2, 0) is 19.7 Å². The maximum absolute atomic E-state index is 14.0. The Balaban J connectivity index is 1.50. The van der Waals surface area contributed by atoms with Gasteiger partial charge in [-0.3, -0.25) is 4.79 Å². The highest BCUT2D eigenvalue weighted by Crippen LogP contribution is 2.83. The van der Waals surface area contributed by atoms with Gasteiger partial charge in [-0.15, -0.1) is 0 Å². The molecular weight excluding hydrogens is 376 g/mol. The number of benzene rings is 1. The Kier molecular flexibility index (Phi) is 3.23. The Bertz CT molecular complexity index is 960. The van der Waals surface area contributed by atoms with Gasteiger partial charge >= 0.3 is 0 Å². The van der Waals surface area contributed by atoms with Crippen LogP contribution in [0.3, 0.4) is 0 Å². The topological polar surface area (TPSA) is 44.8 Å². The fourth-order valence-electron chi connectivity index (χ4n) is 9.03. The summed E-state index contributed by atoms with van der Waals surface area (Å²) in [7, 11) is 1.71. The monoisotopic (exact) mass is 406 g/mol. The molecule has 7 atom stereocenters. The van der Waals surface area contributed by atoms with Gasteiger partial charge in [-0.05, 0) is 42.4 Å². The molecule has 1 aromatic carbocycles. The molecule has 5 fully saturated rings. The van der Waals surface area contributed by atoms with E-state index in [1.807, 2.05) is 0 Å². The van der Waals surface area contributed by atoms with Crippen LogP contribution in [0.2, 0.25) is 0 Å².